The van der Waals surface area contributed by atoms with Gasteiger partial charge in [0.05, 0.1) is 16.4 Å². The van der Waals surface area contributed by atoms with E-state index in [1.54, 1.807) is 64.1 Å². The second-order valence-corrected chi connectivity index (χ2v) is 9.63. The first-order valence-electron chi connectivity index (χ1n) is 10.5. The van der Waals surface area contributed by atoms with Gasteiger partial charge in [-0.3, -0.25) is 9.48 Å². The van der Waals surface area contributed by atoms with Crippen LogP contribution in [0.4, 0.5) is 5.69 Å². The van der Waals surface area contributed by atoms with Crippen LogP contribution in [0.15, 0.2) is 53.4 Å². The zero-order valence-corrected chi connectivity index (χ0v) is 20.6. The molecule has 1 heterocycles. The minimum atomic E-state index is -3.68. The van der Waals surface area contributed by atoms with Gasteiger partial charge >= 0.3 is 0 Å². The molecule has 176 valence electrons. The molecule has 0 fully saturated rings. The normalized spacial score (nSPS) is 11.6. The van der Waals surface area contributed by atoms with E-state index in [2.05, 4.69) is 10.4 Å². The van der Waals surface area contributed by atoms with Gasteiger partial charge in [0.25, 0.3) is 0 Å². The summed E-state index contributed by atoms with van der Waals surface area (Å²) in [6.45, 7) is 7.47. The molecule has 1 aromatic heterocycles. The molecule has 10 heteroatoms. The second-order valence-electron chi connectivity index (χ2n) is 7.35. The number of sulfonamides is 1. The lowest BCUT2D eigenvalue weighted by Gasteiger charge is -2.18. The van der Waals surface area contributed by atoms with Crippen LogP contribution in [0.25, 0.3) is 0 Å². The summed E-state index contributed by atoms with van der Waals surface area (Å²) in [7, 11) is -3.68. The van der Waals surface area contributed by atoms with Gasteiger partial charge in [0, 0.05) is 18.8 Å². The third-order valence-electron chi connectivity index (χ3n) is 5.11. The molecule has 3 aromatic rings. The molecule has 0 saturated heterocycles. The maximum Gasteiger partial charge on any atom is 0.246 e. The summed E-state index contributed by atoms with van der Waals surface area (Å²) in [5, 5.41) is 7.59. The Morgan fingerprint density at radius 2 is 1.73 bits per heavy atom. The first kappa shape index (κ1) is 24.8. The van der Waals surface area contributed by atoms with Crippen LogP contribution in [-0.2, 0) is 21.4 Å². The fourth-order valence-electron chi connectivity index (χ4n) is 3.50. The fraction of sp³-hybridized carbons (Fsp3) is 0.304. The Labute approximate surface area is 199 Å². The molecular formula is C23H27ClN4O4S. The van der Waals surface area contributed by atoms with Crippen LogP contribution in [0, 0.1) is 13.8 Å². The Balaban J connectivity index is 1.70. The lowest BCUT2D eigenvalue weighted by Crippen LogP contribution is -2.31. The number of carbonyl (C=O) groups is 1. The summed E-state index contributed by atoms with van der Waals surface area (Å²) in [5.41, 5.74) is 1.37. The zero-order chi connectivity index (χ0) is 24.2. The monoisotopic (exact) mass is 490 g/mol. The molecule has 0 aliphatic heterocycles. The number of halogens is 1. The molecule has 3 rings (SSSR count). The molecule has 0 spiro atoms. The van der Waals surface area contributed by atoms with Gasteiger partial charge in [-0.2, -0.15) is 9.40 Å². The van der Waals surface area contributed by atoms with Crippen molar-refractivity contribution in [3.8, 4) is 11.5 Å². The lowest BCUT2D eigenvalue weighted by atomic mass is 10.3. The molecule has 0 atom stereocenters. The van der Waals surface area contributed by atoms with Crippen molar-refractivity contribution in [2.24, 2.45) is 0 Å². The van der Waals surface area contributed by atoms with E-state index in [1.165, 1.54) is 8.99 Å². The van der Waals surface area contributed by atoms with Crippen molar-refractivity contribution in [1.29, 1.82) is 0 Å². The summed E-state index contributed by atoms with van der Waals surface area (Å²) in [4.78, 5) is 12.7. The largest absolute Gasteiger partial charge is 0.456 e. The SMILES string of the molecule is CCN(CC)S(=O)(=O)c1c(C)nn(CC(=O)Nc2ccc(Oc3ccccc3Cl)cc2)c1C. The first-order valence-corrected chi connectivity index (χ1v) is 12.4. The number of benzene rings is 2. The van der Waals surface area contributed by atoms with Gasteiger partial charge in [0.1, 0.15) is 22.9 Å². The van der Waals surface area contributed by atoms with Crippen molar-refractivity contribution >= 4 is 33.2 Å². The van der Waals surface area contributed by atoms with Crippen LogP contribution >= 0.6 is 11.6 Å². The van der Waals surface area contributed by atoms with E-state index in [0.29, 0.717) is 46.7 Å². The molecule has 1 amide bonds. The van der Waals surface area contributed by atoms with E-state index >= 15 is 0 Å². The fourth-order valence-corrected chi connectivity index (χ4v) is 5.50. The smallest absolute Gasteiger partial charge is 0.246 e. The third kappa shape index (κ3) is 5.55. The van der Waals surface area contributed by atoms with Gasteiger partial charge < -0.3 is 10.1 Å². The predicted octanol–water partition coefficient (Wildman–Crippen LogP) is 4.61. The molecule has 1 N–H and O–H groups in total. The number of para-hydroxylation sites is 1. The van der Waals surface area contributed by atoms with E-state index in [1.807, 2.05) is 12.1 Å². The average molecular weight is 491 g/mol. The minimum Gasteiger partial charge on any atom is -0.456 e. The molecule has 0 unspecified atom stereocenters. The van der Waals surface area contributed by atoms with E-state index < -0.39 is 10.0 Å². The van der Waals surface area contributed by atoms with Gasteiger partial charge in [-0.05, 0) is 50.2 Å². The second kappa shape index (κ2) is 10.4. The van der Waals surface area contributed by atoms with Gasteiger partial charge in [0.15, 0.2) is 0 Å². The average Bonchev–Trinajstić information content (AvgIpc) is 3.05. The number of hydrogen-bond acceptors (Lipinski definition) is 5. The Morgan fingerprint density at radius 1 is 1.09 bits per heavy atom. The van der Waals surface area contributed by atoms with Gasteiger partial charge in [-0.1, -0.05) is 37.6 Å². The van der Waals surface area contributed by atoms with Gasteiger partial charge in [0.2, 0.25) is 15.9 Å². The van der Waals surface area contributed by atoms with Crippen molar-refractivity contribution in [2.75, 3.05) is 18.4 Å². The number of anilines is 1. The molecule has 0 saturated carbocycles. The number of amides is 1. The number of nitrogens with zero attached hydrogens (tertiary/aromatic N) is 3. The van der Waals surface area contributed by atoms with Crippen LogP contribution < -0.4 is 10.1 Å². The molecular weight excluding hydrogens is 464 g/mol. The van der Waals surface area contributed by atoms with Crippen molar-refractivity contribution in [1.82, 2.24) is 14.1 Å². The van der Waals surface area contributed by atoms with Gasteiger partial charge in [-0.15, -0.1) is 0 Å². The van der Waals surface area contributed by atoms with Crippen LogP contribution in [0.2, 0.25) is 5.02 Å². The highest BCUT2D eigenvalue weighted by Gasteiger charge is 2.29. The predicted molar refractivity (Wildman–Crippen MR) is 128 cm³/mol. The first-order chi connectivity index (χ1) is 15.7. The number of aromatic nitrogens is 2. The molecule has 33 heavy (non-hydrogen) atoms. The van der Waals surface area contributed by atoms with E-state index in [4.69, 9.17) is 16.3 Å². The van der Waals surface area contributed by atoms with Crippen LogP contribution in [-0.4, -0.2) is 41.5 Å². The summed E-state index contributed by atoms with van der Waals surface area (Å²) in [6, 6.07) is 14.0. The Kier molecular flexibility index (Phi) is 7.78. The molecule has 8 nitrogen and oxygen atoms in total. The molecule has 0 bridgehead atoms. The molecule has 0 radical (unpaired) electrons. The number of hydrogen-bond donors (Lipinski definition) is 1. The highest BCUT2D eigenvalue weighted by molar-refractivity contribution is 7.89. The highest BCUT2D eigenvalue weighted by atomic mass is 35.5. The quantitative estimate of drug-likeness (QED) is 0.472. The number of ether oxygens (including phenoxy) is 1. The van der Waals surface area contributed by atoms with Crippen LogP contribution in [0.3, 0.4) is 0 Å². The highest BCUT2D eigenvalue weighted by Crippen LogP contribution is 2.29. The third-order valence-corrected chi connectivity index (χ3v) is 7.73. The van der Waals surface area contributed by atoms with Crippen LogP contribution in [0.5, 0.6) is 11.5 Å². The Morgan fingerprint density at radius 3 is 2.33 bits per heavy atom. The van der Waals surface area contributed by atoms with Gasteiger partial charge in [-0.25, -0.2) is 8.42 Å². The Hall–Kier alpha value is -2.88. The number of aryl methyl sites for hydroxylation is 1. The Bertz CT molecular complexity index is 1240. The molecule has 0 aliphatic carbocycles. The van der Waals surface area contributed by atoms with E-state index in [0.717, 1.165) is 0 Å². The molecule has 0 aliphatic rings. The van der Waals surface area contributed by atoms with E-state index in [-0.39, 0.29) is 17.3 Å². The maximum atomic E-state index is 13.0. The van der Waals surface area contributed by atoms with Crippen molar-refractivity contribution < 1.29 is 17.9 Å². The standard InChI is InChI=1S/C23H27ClN4O4S/c1-5-27(6-2)33(30,31)23-16(3)26-28(17(23)4)15-22(29)25-18-11-13-19(14-12-18)32-21-10-8-7-9-20(21)24/h7-14H,5-6,15H2,1-4H3,(H,25,29). The minimum absolute atomic E-state index is 0.113. The topological polar surface area (TPSA) is 93.5 Å². The van der Waals surface area contributed by atoms with Crippen molar-refractivity contribution in [3.63, 3.8) is 0 Å². The zero-order valence-electron chi connectivity index (χ0n) is 19.0. The molecule has 2 aromatic carbocycles. The summed E-state index contributed by atoms with van der Waals surface area (Å²) in [5.74, 6) is 0.786. The summed E-state index contributed by atoms with van der Waals surface area (Å²) < 4.78 is 34.5. The summed E-state index contributed by atoms with van der Waals surface area (Å²) in [6.07, 6.45) is 0. The van der Waals surface area contributed by atoms with Crippen LogP contribution in [0.1, 0.15) is 25.2 Å². The lowest BCUT2D eigenvalue weighted by molar-refractivity contribution is -0.116. The number of nitrogens with one attached hydrogen (secondary N) is 1. The van der Waals surface area contributed by atoms with Crippen molar-refractivity contribution in [2.45, 2.75) is 39.1 Å². The van der Waals surface area contributed by atoms with E-state index in [9.17, 15) is 13.2 Å². The number of rotatable bonds is 9. The van der Waals surface area contributed by atoms with Crippen molar-refractivity contribution in [3.05, 3.63) is 64.9 Å². The maximum absolute atomic E-state index is 13.0. The summed E-state index contributed by atoms with van der Waals surface area (Å²) >= 11 is 6.11. The number of carbonyl (C=O) groups excluding carboxylic acids is 1.